The third-order valence-electron chi connectivity index (χ3n) is 0.463. The fraction of sp³-hybridized carbons (Fsp3) is 0.600. The largest absolute Gasteiger partial charge is 0.375 e. The summed E-state index contributed by atoms with van der Waals surface area (Å²) in [6.45, 7) is 4.03. The van der Waals surface area contributed by atoms with Crippen molar-refractivity contribution in [1.29, 1.82) is 0 Å². The minimum Gasteiger partial charge on any atom is -0.375 e. The van der Waals surface area contributed by atoms with Gasteiger partial charge in [0.2, 0.25) is 0 Å². The summed E-state index contributed by atoms with van der Waals surface area (Å²) in [6.07, 6.45) is 1.62. The van der Waals surface area contributed by atoms with Crippen molar-refractivity contribution in [2.75, 3.05) is 19.8 Å². The first kappa shape index (κ1) is 6.66. The van der Waals surface area contributed by atoms with E-state index in [-0.39, 0.29) is 6.61 Å². The van der Waals surface area contributed by atoms with Gasteiger partial charge in [-0.2, -0.15) is 0 Å². The molecule has 0 amide bonds. The molecule has 0 aliphatic heterocycles. The lowest BCUT2D eigenvalue weighted by molar-refractivity contribution is 0.0781. The van der Waals surface area contributed by atoms with Crippen LogP contribution >= 0.6 is 0 Å². The molecule has 1 radical (unpaired) electrons. The van der Waals surface area contributed by atoms with Crippen molar-refractivity contribution in [3.05, 3.63) is 12.7 Å². The Kier molecular flexibility index (Phi) is 5.39. The van der Waals surface area contributed by atoms with Crippen LogP contribution in [0, 0.1) is 0 Å². The average Bonchev–Trinajstić information content (AvgIpc) is 1.69. The van der Waals surface area contributed by atoms with Crippen molar-refractivity contribution in [1.82, 2.24) is 0 Å². The van der Waals surface area contributed by atoms with Crippen LogP contribution in [0.5, 0.6) is 0 Å². The van der Waals surface area contributed by atoms with E-state index in [1.807, 2.05) is 0 Å². The quantitative estimate of drug-likeness (QED) is 0.377. The molecular weight excluding hydrogens is 92.1 g/mol. The van der Waals surface area contributed by atoms with E-state index in [0.29, 0.717) is 13.2 Å². The highest BCUT2D eigenvalue weighted by molar-refractivity contribution is 4.63. The van der Waals surface area contributed by atoms with E-state index in [9.17, 15) is 5.11 Å². The van der Waals surface area contributed by atoms with Crippen LogP contribution < -0.4 is 0 Å². The Morgan fingerprint density at radius 2 is 2.43 bits per heavy atom. The summed E-state index contributed by atoms with van der Waals surface area (Å²) in [6, 6.07) is 0. The Labute approximate surface area is 43.4 Å². The van der Waals surface area contributed by atoms with Gasteiger partial charge in [-0.1, -0.05) is 6.08 Å². The molecule has 2 nitrogen and oxygen atoms in total. The van der Waals surface area contributed by atoms with Crippen LogP contribution in [0.15, 0.2) is 12.7 Å². The van der Waals surface area contributed by atoms with Gasteiger partial charge < -0.3 is 4.74 Å². The van der Waals surface area contributed by atoms with E-state index in [2.05, 4.69) is 6.58 Å². The highest BCUT2D eigenvalue weighted by atomic mass is 16.5. The van der Waals surface area contributed by atoms with Crippen molar-refractivity contribution in [3.63, 3.8) is 0 Å². The zero-order chi connectivity index (χ0) is 5.54. The molecule has 0 unspecified atom stereocenters. The van der Waals surface area contributed by atoms with E-state index < -0.39 is 0 Å². The van der Waals surface area contributed by atoms with E-state index >= 15 is 0 Å². The van der Waals surface area contributed by atoms with Crippen LogP contribution in [0.25, 0.3) is 0 Å². The molecule has 41 valence electrons. The molecule has 0 N–H and O–H groups in total. The number of hydrogen-bond donors (Lipinski definition) is 0. The van der Waals surface area contributed by atoms with Gasteiger partial charge in [-0.3, -0.25) is 0 Å². The third kappa shape index (κ3) is 5.66. The summed E-state index contributed by atoms with van der Waals surface area (Å²) in [5.41, 5.74) is 0. The zero-order valence-corrected chi connectivity index (χ0v) is 4.22. The lowest BCUT2D eigenvalue weighted by Gasteiger charge is -1.91. The molecule has 0 bridgehead atoms. The van der Waals surface area contributed by atoms with Crippen molar-refractivity contribution in [2.45, 2.75) is 0 Å². The Morgan fingerprint density at radius 3 is 2.86 bits per heavy atom. The fourth-order valence-electron chi connectivity index (χ4n) is 0.226. The second-order valence-electron chi connectivity index (χ2n) is 1.07. The number of rotatable bonds is 4. The topological polar surface area (TPSA) is 29.1 Å². The van der Waals surface area contributed by atoms with Gasteiger partial charge in [0, 0.05) is 0 Å². The molecule has 0 aromatic heterocycles. The summed E-state index contributed by atoms with van der Waals surface area (Å²) in [7, 11) is 0. The van der Waals surface area contributed by atoms with Gasteiger partial charge in [0.05, 0.1) is 13.2 Å². The lowest BCUT2D eigenvalue weighted by Crippen LogP contribution is -1.96. The summed E-state index contributed by atoms with van der Waals surface area (Å²) in [4.78, 5) is 0. The van der Waals surface area contributed by atoms with Crippen molar-refractivity contribution >= 4 is 0 Å². The molecule has 0 heterocycles. The Bertz CT molecular complexity index is 43.3. The predicted molar refractivity (Wildman–Crippen MR) is 26.6 cm³/mol. The SMILES string of the molecule is C=CCOCC[O]. The molecule has 0 atom stereocenters. The van der Waals surface area contributed by atoms with Crippen molar-refractivity contribution < 1.29 is 9.84 Å². The molecule has 0 fully saturated rings. The van der Waals surface area contributed by atoms with E-state index in [0.717, 1.165) is 0 Å². The summed E-state index contributed by atoms with van der Waals surface area (Å²) in [5.74, 6) is 0. The number of ether oxygens (including phenoxy) is 1. The molecule has 0 aliphatic carbocycles. The Balaban J connectivity index is 2.56. The maximum Gasteiger partial charge on any atom is 0.106 e. The van der Waals surface area contributed by atoms with Gasteiger partial charge in [-0.25, -0.2) is 5.11 Å². The van der Waals surface area contributed by atoms with Gasteiger partial charge in [-0.05, 0) is 0 Å². The normalized spacial score (nSPS) is 8.71. The second kappa shape index (κ2) is 5.66. The van der Waals surface area contributed by atoms with Crippen LogP contribution in [-0.2, 0) is 9.84 Å². The molecule has 7 heavy (non-hydrogen) atoms. The fourth-order valence-corrected chi connectivity index (χ4v) is 0.226. The highest BCUT2D eigenvalue weighted by Crippen LogP contribution is 1.71. The highest BCUT2D eigenvalue weighted by Gasteiger charge is 1.77. The minimum absolute atomic E-state index is 0.159. The molecule has 0 aliphatic rings. The van der Waals surface area contributed by atoms with Gasteiger partial charge >= 0.3 is 0 Å². The molecule has 0 saturated carbocycles. The molecule has 0 spiro atoms. The first-order valence-electron chi connectivity index (χ1n) is 2.18. The van der Waals surface area contributed by atoms with Gasteiger partial charge in [0.1, 0.15) is 6.61 Å². The third-order valence-corrected chi connectivity index (χ3v) is 0.463. The summed E-state index contributed by atoms with van der Waals surface area (Å²) < 4.78 is 4.70. The Hall–Kier alpha value is -0.340. The van der Waals surface area contributed by atoms with Gasteiger partial charge in [-0.15, -0.1) is 6.58 Å². The van der Waals surface area contributed by atoms with Crippen LogP contribution in [0.1, 0.15) is 0 Å². The van der Waals surface area contributed by atoms with Crippen molar-refractivity contribution in [3.8, 4) is 0 Å². The molecule has 0 aromatic rings. The maximum atomic E-state index is 9.65. The smallest absolute Gasteiger partial charge is 0.106 e. The average molecular weight is 101 g/mol. The first-order chi connectivity index (χ1) is 3.41. The van der Waals surface area contributed by atoms with E-state index in [1.54, 1.807) is 6.08 Å². The molecule has 0 saturated heterocycles. The molecular formula is C5H9O2. The molecule has 0 rings (SSSR count). The summed E-state index contributed by atoms with van der Waals surface area (Å²) in [5, 5.41) is 9.65. The maximum absolute atomic E-state index is 9.65. The van der Waals surface area contributed by atoms with Crippen LogP contribution in [0.4, 0.5) is 0 Å². The second-order valence-corrected chi connectivity index (χ2v) is 1.07. The predicted octanol–water partition coefficient (Wildman–Crippen LogP) is 0.619. The first-order valence-corrected chi connectivity index (χ1v) is 2.18. The van der Waals surface area contributed by atoms with Crippen LogP contribution in [0.2, 0.25) is 0 Å². The monoisotopic (exact) mass is 101 g/mol. The minimum atomic E-state index is -0.159. The lowest BCUT2D eigenvalue weighted by atomic mass is 10.7. The molecule has 2 heteroatoms. The van der Waals surface area contributed by atoms with Gasteiger partial charge in [0.25, 0.3) is 0 Å². The van der Waals surface area contributed by atoms with E-state index in [1.165, 1.54) is 0 Å². The standard InChI is InChI=1S/C5H9O2/c1-2-4-7-5-3-6/h2H,1,3-5H2. The zero-order valence-electron chi connectivity index (χ0n) is 4.22. The van der Waals surface area contributed by atoms with Gasteiger partial charge in [0.15, 0.2) is 0 Å². The van der Waals surface area contributed by atoms with E-state index in [4.69, 9.17) is 4.74 Å². The summed E-state index contributed by atoms with van der Waals surface area (Å²) >= 11 is 0. The number of hydrogen-bond acceptors (Lipinski definition) is 1. The van der Waals surface area contributed by atoms with Crippen LogP contribution in [0.3, 0.4) is 0 Å². The Morgan fingerprint density at radius 1 is 1.71 bits per heavy atom. The van der Waals surface area contributed by atoms with Crippen LogP contribution in [-0.4, -0.2) is 19.8 Å². The molecule has 0 aromatic carbocycles. The van der Waals surface area contributed by atoms with Crippen molar-refractivity contribution in [2.24, 2.45) is 0 Å².